The van der Waals surface area contributed by atoms with Crippen molar-refractivity contribution in [3.63, 3.8) is 0 Å². The second-order valence-corrected chi connectivity index (χ2v) is 9.39. The minimum atomic E-state index is -2.91. The van der Waals surface area contributed by atoms with Gasteiger partial charge in [0.2, 0.25) is 0 Å². The topological polar surface area (TPSA) is 43.4 Å². The molecule has 0 spiro atoms. The molecule has 0 amide bonds. The molecular formula is C22H18BrO3P. The zero-order valence-electron chi connectivity index (χ0n) is 14.5. The van der Waals surface area contributed by atoms with Gasteiger partial charge >= 0.3 is 0 Å². The number of hydrogen-bond acceptors (Lipinski definition) is 3. The molecule has 0 aromatic heterocycles. The maximum Gasteiger partial charge on any atom is 0.163 e. The molecule has 0 saturated heterocycles. The Labute approximate surface area is 167 Å². The molecule has 3 nitrogen and oxygen atoms in total. The Morgan fingerprint density at radius 1 is 0.889 bits per heavy atom. The molecule has 5 heteroatoms. The van der Waals surface area contributed by atoms with Crippen LogP contribution in [0.4, 0.5) is 0 Å². The highest BCUT2D eigenvalue weighted by molar-refractivity contribution is 9.10. The first-order valence-corrected chi connectivity index (χ1v) is 11.0. The van der Waals surface area contributed by atoms with E-state index in [-0.39, 0.29) is 6.61 Å². The van der Waals surface area contributed by atoms with Crippen LogP contribution in [-0.2, 0) is 4.57 Å². The molecule has 0 bridgehead atoms. The third-order valence-electron chi connectivity index (χ3n) is 4.03. The van der Waals surface area contributed by atoms with Crippen LogP contribution in [0.1, 0.15) is 10.4 Å². The van der Waals surface area contributed by atoms with E-state index in [0.717, 1.165) is 21.4 Å². The molecule has 0 aliphatic rings. The van der Waals surface area contributed by atoms with Crippen molar-refractivity contribution in [3.05, 3.63) is 101 Å². The average molecular weight is 441 g/mol. The molecule has 3 aromatic rings. The van der Waals surface area contributed by atoms with E-state index in [1.165, 1.54) is 0 Å². The van der Waals surface area contributed by atoms with Crippen molar-refractivity contribution in [2.75, 3.05) is 6.61 Å². The van der Waals surface area contributed by atoms with Gasteiger partial charge in [-0.25, -0.2) is 0 Å². The van der Waals surface area contributed by atoms with Gasteiger partial charge in [-0.05, 0) is 30.1 Å². The number of benzene rings is 3. The highest BCUT2D eigenvalue weighted by atomic mass is 79.9. The lowest BCUT2D eigenvalue weighted by atomic mass is 10.2. The van der Waals surface area contributed by atoms with Gasteiger partial charge in [0.05, 0.1) is 5.56 Å². The fraction of sp³-hybridized carbons (Fsp3) is 0.0455. The van der Waals surface area contributed by atoms with Crippen molar-refractivity contribution < 1.29 is 14.1 Å². The number of carbonyl (C=O) groups excluding carboxylic acids is 1. The molecule has 0 heterocycles. The fourth-order valence-electron chi connectivity index (χ4n) is 2.69. The molecule has 0 atom stereocenters. The van der Waals surface area contributed by atoms with Crippen LogP contribution in [0.2, 0.25) is 0 Å². The molecule has 136 valence electrons. The molecule has 0 N–H and O–H groups in total. The Hall–Kier alpha value is -2.42. The standard InChI is InChI=1S/C22H18BrO3P/c23-19-12-13-22(18(16-19)17-24)26-14-7-15-27(25,20-8-3-1-4-9-20)21-10-5-2-6-11-21/h1-13,15-17H,14H2/b15-7+. The highest BCUT2D eigenvalue weighted by Gasteiger charge is 2.23. The Kier molecular flexibility index (Phi) is 6.44. The van der Waals surface area contributed by atoms with E-state index < -0.39 is 7.14 Å². The monoisotopic (exact) mass is 440 g/mol. The van der Waals surface area contributed by atoms with E-state index in [2.05, 4.69) is 15.9 Å². The third kappa shape index (κ3) is 4.65. The van der Waals surface area contributed by atoms with Crippen LogP contribution < -0.4 is 15.3 Å². The quantitative estimate of drug-likeness (QED) is 0.376. The number of aldehydes is 1. The van der Waals surface area contributed by atoms with E-state index in [0.29, 0.717) is 11.3 Å². The van der Waals surface area contributed by atoms with E-state index >= 15 is 0 Å². The SMILES string of the molecule is O=Cc1cc(Br)ccc1OC/C=C/P(=O)(c1ccccc1)c1ccccc1. The van der Waals surface area contributed by atoms with Gasteiger partial charge in [0.25, 0.3) is 0 Å². The van der Waals surface area contributed by atoms with Crippen LogP contribution in [0.25, 0.3) is 0 Å². The smallest absolute Gasteiger partial charge is 0.163 e. The van der Waals surface area contributed by atoms with E-state index in [1.54, 1.807) is 24.0 Å². The van der Waals surface area contributed by atoms with Crippen LogP contribution in [0, 0.1) is 0 Å². The summed E-state index contributed by atoms with van der Waals surface area (Å²) in [6.07, 6.45) is 2.50. The van der Waals surface area contributed by atoms with Gasteiger partial charge in [0, 0.05) is 15.1 Å². The largest absolute Gasteiger partial charge is 0.489 e. The second-order valence-electron chi connectivity index (χ2n) is 5.82. The Balaban J connectivity index is 1.83. The van der Waals surface area contributed by atoms with Crippen molar-refractivity contribution in [1.82, 2.24) is 0 Å². The number of carbonyl (C=O) groups is 1. The lowest BCUT2D eigenvalue weighted by molar-refractivity contribution is 0.112. The van der Waals surface area contributed by atoms with Crippen LogP contribution in [0.3, 0.4) is 0 Å². The highest BCUT2D eigenvalue weighted by Crippen LogP contribution is 2.44. The number of halogens is 1. The van der Waals surface area contributed by atoms with E-state index in [9.17, 15) is 9.36 Å². The molecule has 3 rings (SSSR count). The fourth-order valence-corrected chi connectivity index (χ4v) is 5.33. The van der Waals surface area contributed by atoms with Crippen LogP contribution in [-0.4, -0.2) is 12.9 Å². The Bertz CT molecular complexity index is 941. The van der Waals surface area contributed by atoms with Gasteiger partial charge in [-0.2, -0.15) is 0 Å². The molecule has 0 saturated carbocycles. The second kappa shape index (κ2) is 8.98. The summed E-state index contributed by atoms with van der Waals surface area (Å²) in [6, 6.07) is 24.1. The van der Waals surface area contributed by atoms with Crippen molar-refractivity contribution in [2.45, 2.75) is 0 Å². The lowest BCUT2D eigenvalue weighted by Crippen LogP contribution is -2.14. The molecule has 0 aliphatic heterocycles. The number of ether oxygens (including phenoxy) is 1. The molecular weight excluding hydrogens is 423 g/mol. The summed E-state index contributed by atoms with van der Waals surface area (Å²) in [7, 11) is -2.91. The first kappa shape index (κ1) is 19.3. The van der Waals surface area contributed by atoms with Crippen LogP contribution >= 0.6 is 23.1 Å². The van der Waals surface area contributed by atoms with Gasteiger partial charge < -0.3 is 9.30 Å². The summed E-state index contributed by atoms with van der Waals surface area (Å²) in [5.74, 6) is 2.21. The predicted octanol–water partition coefficient (Wildman–Crippen LogP) is 5.17. The predicted molar refractivity (Wildman–Crippen MR) is 114 cm³/mol. The van der Waals surface area contributed by atoms with E-state index in [4.69, 9.17) is 4.74 Å². The minimum Gasteiger partial charge on any atom is -0.489 e. The molecule has 0 fully saturated rings. The van der Waals surface area contributed by atoms with Crippen molar-refractivity contribution in [2.24, 2.45) is 0 Å². The zero-order valence-corrected chi connectivity index (χ0v) is 17.0. The maximum absolute atomic E-state index is 13.8. The third-order valence-corrected chi connectivity index (χ3v) is 7.28. The van der Waals surface area contributed by atoms with Crippen molar-refractivity contribution in [3.8, 4) is 5.75 Å². The van der Waals surface area contributed by atoms with Crippen LogP contribution in [0.5, 0.6) is 5.75 Å². The van der Waals surface area contributed by atoms with Gasteiger partial charge in [-0.3, -0.25) is 4.79 Å². The summed E-state index contributed by atoms with van der Waals surface area (Å²) in [6.45, 7) is 0.214. The molecule has 3 aromatic carbocycles. The Morgan fingerprint density at radius 3 is 2.04 bits per heavy atom. The van der Waals surface area contributed by atoms with Gasteiger partial charge in [-0.1, -0.05) is 76.6 Å². The van der Waals surface area contributed by atoms with Gasteiger partial charge in [-0.15, -0.1) is 0 Å². The first-order chi connectivity index (χ1) is 13.1. The summed E-state index contributed by atoms with van der Waals surface area (Å²) in [4.78, 5) is 11.2. The van der Waals surface area contributed by atoms with E-state index in [1.807, 2.05) is 66.7 Å². The van der Waals surface area contributed by atoms with Crippen molar-refractivity contribution >= 4 is 40.0 Å². The van der Waals surface area contributed by atoms with Gasteiger partial charge in [0.15, 0.2) is 13.4 Å². The maximum atomic E-state index is 13.8. The Morgan fingerprint density at radius 2 is 1.48 bits per heavy atom. The molecule has 0 aliphatic carbocycles. The number of hydrogen-bond donors (Lipinski definition) is 0. The summed E-state index contributed by atoms with van der Waals surface area (Å²) >= 11 is 3.33. The molecule has 0 unspecified atom stereocenters. The summed E-state index contributed by atoms with van der Waals surface area (Å²) in [5, 5.41) is 1.54. The average Bonchev–Trinajstić information content (AvgIpc) is 2.73. The normalized spacial score (nSPS) is 11.4. The summed E-state index contributed by atoms with van der Waals surface area (Å²) in [5.41, 5.74) is 0.465. The first-order valence-electron chi connectivity index (χ1n) is 8.40. The molecule has 0 radical (unpaired) electrons. The van der Waals surface area contributed by atoms with Crippen molar-refractivity contribution in [1.29, 1.82) is 0 Å². The minimum absolute atomic E-state index is 0.214. The summed E-state index contributed by atoms with van der Waals surface area (Å²) < 4.78 is 20.3. The zero-order chi connectivity index (χ0) is 19.1. The molecule has 27 heavy (non-hydrogen) atoms. The number of rotatable bonds is 7. The van der Waals surface area contributed by atoms with Crippen LogP contribution in [0.15, 0.2) is 95.2 Å². The lowest BCUT2D eigenvalue weighted by Gasteiger charge is -2.15. The van der Waals surface area contributed by atoms with Gasteiger partial charge in [0.1, 0.15) is 12.4 Å².